The molecule has 2 aromatic rings. The fourth-order valence-corrected chi connectivity index (χ4v) is 4.61. The monoisotopic (exact) mass is 354 g/mol. The number of hydrogen-bond acceptors (Lipinski definition) is 5. The Morgan fingerprint density at radius 3 is 2.81 bits per heavy atom. The minimum atomic E-state index is 0.367. The van der Waals surface area contributed by atoms with E-state index in [9.17, 15) is 0 Å². The zero-order chi connectivity index (χ0) is 18.1. The molecule has 0 amide bonds. The Balaban J connectivity index is 1.52. The van der Waals surface area contributed by atoms with Gasteiger partial charge in [0.25, 0.3) is 0 Å². The Morgan fingerprint density at radius 2 is 2.04 bits per heavy atom. The van der Waals surface area contributed by atoms with E-state index in [4.69, 9.17) is 4.52 Å². The van der Waals surface area contributed by atoms with Crippen molar-refractivity contribution in [1.82, 2.24) is 20.9 Å². The lowest BCUT2D eigenvalue weighted by molar-refractivity contribution is 0.209. The van der Waals surface area contributed by atoms with Crippen molar-refractivity contribution in [3.63, 3.8) is 0 Å². The Kier molecular flexibility index (Phi) is 5.11. The summed E-state index contributed by atoms with van der Waals surface area (Å²) < 4.78 is 5.58. The molecule has 5 nitrogen and oxygen atoms in total. The van der Waals surface area contributed by atoms with Gasteiger partial charge in [0.2, 0.25) is 0 Å². The molecule has 0 bridgehead atoms. The number of benzene rings is 1. The number of nitrogens with zero attached hydrogens (tertiary/aromatic N) is 2. The maximum Gasteiger partial charge on any atom is 0.141 e. The van der Waals surface area contributed by atoms with Gasteiger partial charge in [-0.05, 0) is 38.8 Å². The quantitative estimate of drug-likeness (QED) is 0.861. The molecule has 0 aliphatic carbocycles. The van der Waals surface area contributed by atoms with Gasteiger partial charge in [0, 0.05) is 37.0 Å². The number of hydrazine groups is 1. The molecule has 0 radical (unpaired) electrons. The van der Waals surface area contributed by atoms with Crippen molar-refractivity contribution in [2.45, 2.75) is 52.1 Å². The molecular weight excluding hydrogens is 324 g/mol. The van der Waals surface area contributed by atoms with Crippen LogP contribution in [0.5, 0.6) is 0 Å². The third-order valence-corrected chi connectivity index (χ3v) is 6.00. The average molecular weight is 354 g/mol. The lowest BCUT2D eigenvalue weighted by Crippen LogP contribution is -2.33. The topological polar surface area (TPSA) is 53.3 Å². The SMILES string of the molecule is CCc1onc(C)c1C1CCCN1CC1CNNC1c1ccc(C)cc1. The van der Waals surface area contributed by atoms with Crippen molar-refractivity contribution >= 4 is 0 Å². The van der Waals surface area contributed by atoms with Gasteiger partial charge in [0.1, 0.15) is 5.76 Å². The molecule has 1 aromatic heterocycles. The van der Waals surface area contributed by atoms with Gasteiger partial charge in [-0.15, -0.1) is 0 Å². The van der Waals surface area contributed by atoms with Crippen molar-refractivity contribution < 1.29 is 4.52 Å². The number of rotatable bonds is 5. The van der Waals surface area contributed by atoms with Crippen LogP contribution in [0.25, 0.3) is 0 Å². The molecule has 26 heavy (non-hydrogen) atoms. The fourth-order valence-electron chi connectivity index (χ4n) is 4.61. The summed E-state index contributed by atoms with van der Waals surface area (Å²) in [6.07, 6.45) is 3.37. The highest BCUT2D eigenvalue weighted by molar-refractivity contribution is 5.28. The van der Waals surface area contributed by atoms with Crippen LogP contribution in [0.1, 0.15) is 60.0 Å². The molecule has 0 saturated carbocycles. The van der Waals surface area contributed by atoms with Crippen LogP contribution in [0.4, 0.5) is 0 Å². The fraction of sp³-hybridized carbons (Fsp3) is 0.571. The Bertz CT molecular complexity index is 739. The lowest BCUT2D eigenvalue weighted by Gasteiger charge is -2.29. The van der Waals surface area contributed by atoms with E-state index in [0.717, 1.165) is 37.5 Å². The van der Waals surface area contributed by atoms with Gasteiger partial charge < -0.3 is 4.52 Å². The lowest BCUT2D eigenvalue weighted by atomic mass is 9.93. The van der Waals surface area contributed by atoms with Gasteiger partial charge in [0.15, 0.2) is 0 Å². The summed E-state index contributed by atoms with van der Waals surface area (Å²) in [5, 5.41) is 4.24. The van der Waals surface area contributed by atoms with Crippen LogP contribution >= 0.6 is 0 Å². The number of aromatic nitrogens is 1. The van der Waals surface area contributed by atoms with Crippen LogP contribution in [0.2, 0.25) is 0 Å². The van der Waals surface area contributed by atoms with E-state index in [-0.39, 0.29) is 0 Å². The molecule has 2 N–H and O–H groups in total. The Labute approximate surface area is 156 Å². The first-order chi connectivity index (χ1) is 12.7. The van der Waals surface area contributed by atoms with E-state index in [0.29, 0.717) is 18.0 Å². The standard InChI is InChI=1S/C21H30N4O/c1-4-19-20(15(3)24-26-19)18-6-5-11-25(18)13-17-12-22-23-21(17)16-9-7-14(2)8-10-16/h7-10,17-18,21-23H,4-6,11-13H2,1-3H3. The van der Waals surface area contributed by atoms with Crippen LogP contribution in [-0.4, -0.2) is 29.7 Å². The van der Waals surface area contributed by atoms with Crippen LogP contribution < -0.4 is 10.9 Å². The predicted molar refractivity (Wildman–Crippen MR) is 103 cm³/mol. The molecule has 4 rings (SSSR count). The summed E-state index contributed by atoms with van der Waals surface area (Å²) in [4.78, 5) is 2.65. The first-order valence-corrected chi connectivity index (χ1v) is 9.91. The highest BCUT2D eigenvalue weighted by Gasteiger charge is 2.36. The highest BCUT2D eigenvalue weighted by Crippen LogP contribution is 2.38. The summed E-state index contributed by atoms with van der Waals surface area (Å²) in [6.45, 7) is 9.64. The summed E-state index contributed by atoms with van der Waals surface area (Å²) >= 11 is 0. The van der Waals surface area contributed by atoms with Crippen molar-refractivity contribution in [3.8, 4) is 0 Å². The molecule has 2 fully saturated rings. The van der Waals surface area contributed by atoms with Crippen molar-refractivity contribution in [3.05, 3.63) is 52.4 Å². The first-order valence-electron chi connectivity index (χ1n) is 9.91. The molecule has 3 atom stereocenters. The zero-order valence-corrected chi connectivity index (χ0v) is 16.1. The Morgan fingerprint density at radius 1 is 1.23 bits per heavy atom. The van der Waals surface area contributed by atoms with Gasteiger partial charge >= 0.3 is 0 Å². The second kappa shape index (κ2) is 7.51. The molecule has 0 spiro atoms. The van der Waals surface area contributed by atoms with Crippen LogP contribution in [-0.2, 0) is 6.42 Å². The molecule has 3 heterocycles. The van der Waals surface area contributed by atoms with Gasteiger partial charge in [0.05, 0.1) is 11.7 Å². The normalized spacial score (nSPS) is 26.7. The molecule has 140 valence electrons. The van der Waals surface area contributed by atoms with Crippen LogP contribution in [0, 0.1) is 19.8 Å². The third-order valence-electron chi connectivity index (χ3n) is 6.00. The maximum absolute atomic E-state index is 5.58. The smallest absolute Gasteiger partial charge is 0.141 e. The summed E-state index contributed by atoms with van der Waals surface area (Å²) in [7, 11) is 0. The maximum atomic E-state index is 5.58. The minimum Gasteiger partial charge on any atom is -0.361 e. The Hall–Kier alpha value is -1.69. The number of likely N-dealkylation sites (tertiary alicyclic amines) is 1. The van der Waals surface area contributed by atoms with Crippen LogP contribution in [0.15, 0.2) is 28.8 Å². The second-order valence-corrected chi connectivity index (χ2v) is 7.79. The molecule has 2 aliphatic rings. The molecule has 2 aliphatic heterocycles. The van der Waals surface area contributed by atoms with Gasteiger partial charge in [-0.3, -0.25) is 10.3 Å². The van der Waals surface area contributed by atoms with E-state index in [1.807, 2.05) is 0 Å². The molecule has 3 unspecified atom stereocenters. The molecule has 1 aromatic carbocycles. The van der Waals surface area contributed by atoms with Gasteiger partial charge in [-0.1, -0.05) is 41.9 Å². The third kappa shape index (κ3) is 3.31. The zero-order valence-electron chi connectivity index (χ0n) is 16.1. The predicted octanol–water partition coefficient (Wildman–Crippen LogP) is 3.46. The van der Waals surface area contributed by atoms with E-state index >= 15 is 0 Å². The minimum absolute atomic E-state index is 0.367. The summed E-state index contributed by atoms with van der Waals surface area (Å²) in [5.41, 5.74) is 12.0. The van der Waals surface area contributed by atoms with E-state index in [2.05, 4.69) is 65.9 Å². The molecule has 5 heteroatoms. The van der Waals surface area contributed by atoms with Crippen molar-refractivity contribution in [2.75, 3.05) is 19.6 Å². The van der Waals surface area contributed by atoms with Crippen molar-refractivity contribution in [1.29, 1.82) is 0 Å². The molecular formula is C21H30N4O. The van der Waals surface area contributed by atoms with Crippen molar-refractivity contribution in [2.24, 2.45) is 5.92 Å². The van der Waals surface area contributed by atoms with Gasteiger partial charge in [-0.25, -0.2) is 5.43 Å². The number of aryl methyl sites for hydroxylation is 3. The first kappa shape index (κ1) is 17.7. The van der Waals surface area contributed by atoms with E-state index in [1.54, 1.807) is 0 Å². The largest absolute Gasteiger partial charge is 0.361 e. The second-order valence-electron chi connectivity index (χ2n) is 7.79. The van der Waals surface area contributed by atoms with E-state index < -0.39 is 0 Å². The molecule has 2 saturated heterocycles. The highest BCUT2D eigenvalue weighted by atomic mass is 16.5. The average Bonchev–Trinajstić information content (AvgIpc) is 3.36. The number of nitrogens with one attached hydrogen (secondary N) is 2. The summed E-state index contributed by atoms with van der Waals surface area (Å²) in [5.74, 6) is 1.63. The van der Waals surface area contributed by atoms with E-state index in [1.165, 1.54) is 29.5 Å². The van der Waals surface area contributed by atoms with Crippen LogP contribution in [0.3, 0.4) is 0 Å². The van der Waals surface area contributed by atoms with Gasteiger partial charge in [-0.2, -0.15) is 0 Å². The number of hydrogen-bond donors (Lipinski definition) is 2. The summed E-state index contributed by atoms with van der Waals surface area (Å²) in [6, 6.07) is 9.75.